The summed E-state index contributed by atoms with van der Waals surface area (Å²) < 4.78 is 0. The van der Waals surface area contributed by atoms with Crippen molar-refractivity contribution >= 4 is 29.3 Å². The zero-order chi connectivity index (χ0) is 13.5. The molecule has 4 nitrogen and oxygen atoms in total. The maximum absolute atomic E-state index is 11.5. The number of aryl methyl sites for hydroxylation is 1. The number of hydrogen-bond acceptors (Lipinski definition) is 3. The van der Waals surface area contributed by atoms with Crippen LogP contribution in [0.25, 0.3) is 6.08 Å². The van der Waals surface area contributed by atoms with Gasteiger partial charge in [-0.15, -0.1) is 11.3 Å². The van der Waals surface area contributed by atoms with Gasteiger partial charge >= 0.3 is 5.97 Å². The highest BCUT2D eigenvalue weighted by atomic mass is 32.1. The van der Waals surface area contributed by atoms with Crippen molar-refractivity contribution in [2.24, 2.45) is 5.92 Å². The van der Waals surface area contributed by atoms with Gasteiger partial charge in [-0.1, -0.05) is 6.92 Å². The zero-order valence-electron chi connectivity index (χ0n) is 10.5. The van der Waals surface area contributed by atoms with Gasteiger partial charge in [-0.05, 0) is 36.4 Å². The van der Waals surface area contributed by atoms with Gasteiger partial charge in [0.1, 0.15) is 0 Å². The Kier molecular flexibility index (Phi) is 5.58. The van der Waals surface area contributed by atoms with Crippen LogP contribution < -0.4 is 5.32 Å². The van der Waals surface area contributed by atoms with Crippen LogP contribution in [-0.4, -0.2) is 23.5 Å². The van der Waals surface area contributed by atoms with E-state index in [1.807, 2.05) is 18.4 Å². The first-order valence-electron chi connectivity index (χ1n) is 5.77. The van der Waals surface area contributed by atoms with Crippen LogP contribution in [0.2, 0.25) is 0 Å². The van der Waals surface area contributed by atoms with Gasteiger partial charge in [-0.3, -0.25) is 9.59 Å². The number of rotatable bonds is 6. The third kappa shape index (κ3) is 4.33. The van der Waals surface area contributed by atoms with E-state index in [9.17, 15) is 9.59 Å². The van der Waals surface area contributed by atoms with Crippen molar-refractivity contribution in [3.8, 4) is 0 Å². The molecule has 1 atom stereocenters. The van der Waals surface area contributed by atoms with Gasteiger partial charge in [0, 0.05) is 17.5 Å². The molecule has 1 heterocycles. The summed E-state index contributed by atoms with van der Waals surface area (Å²) in [5.41, 5.74) is 1.13. The fourth-order valence-electron chi connectivity index (χ4n) is 1.40. The minimum Gasteiger partial charge on any atom is -0.481 e. The van der Waals surface area contributed by atoms with Crippen molar-refractivity contribution in [1.29, 1.82) is 0 Å². The van der Waals surface area contributed by atoms with Crippen LogP contribution in [0.4, 0.5) is 0 Å². The molecule has 1 aromatic rings. The van der Waals surface area contributed by atoms with E-state index in [1.54, 1.807) is 24.3 Å². The number of nitrogens with one attached hydrogen (secondary N) is 1. The Hall–Kier alpha value is -1.62. The number of aliphatic carboxylic acids is 1. The minimum atomic E-state index is -0.879. The third-order valence-electron chi connectivity index (χ3n) is 2.65. The average molecular weight is 267 g/mol. The molecule has 0 saturated carbocycles. The summed E-state index contributed by atoms with van der Waals surface area (Å²) in [6, 6.07) is 1.99. The Bertz CT molecular complexity index is 451. The predicted molar refractivity (Wildman–Crippen MR) is 72.5 cm³/mol. The molecule has 1 unspecified atom stereocenters. The zero-order valence-corrected chi connectivity index (χ0v) is 11.3. The number of thiophene rings is 1. The normalized spacial score (nSPS) is 12.6. The molecule has 0 spiro atoms. The lowest BCUT2D eigenvalue weighted by Crippen LogP contribution is -2.31. The maximum atomic E-state index is 11.5. The minimum absolute atomic E-state index is 0.165. The van der Waals surface area contributed by atoms with E-state index >= 15 is 0 Å². The Morgan fingerprint density at radius 2 is 2.28 bits per heavy atom. The predicted octanol–water partition coefficient (Wildman–Crippen LogP) is 2.30. The van der Waals surface area contributed by atoms with E-state index in [2.05, 4.69) is 5.32 Å². The van der Waals surface area contributed by atoms with Gasteiger partial charge in [0.2, 0.25) is 5.91 Å². The molecule has 0 aliphatic heterocycles. The van der Waals surface area contributed by atoms with Crippen LogP contribution in [0, 0.1) is 12.8 Å². The van der Waals surface area contributed by atoms with Crippen molar-refractivity contribution in [1.82, 2.24) is 5.32 Å². The molecule has 0 aliphatic rings. The summed E-state index contributed by atoms with van der Waals surface area (Å²) in [6.45, 7) is 3.93. The lowest BCUT2D eigenvalue weighted by atomic mass is 10.1. The monoisotopic (exact) mass is 267 g/mol. The highest BCUT2D eigenvalue weighted by Gasteiger charge is 2.14. The second kappa shape index (κ2) is 6.96. The van der Waals surface area contributed by atoms with Crippen molar-refractivity contribution < 1.29 is 14.7 Å². The van der Waals surface area contributed by atoms with Crippen LogP contribution in [0.15, 0.2) is 17.5 Å². The van der Waals surface area contributed by atoms with Crippen LogP contribution in [-0.2, 0) is 9.59 Å². The number of amides is 1. The fraction of sp³-hybridized carbons (Fsp3) is 0.385. The highest BCUT2D eigenvalue weighted by Crippen LogP contribution is 2.16. The molecule has 5 heteroatoms. The molecular formula is C13H17NO3S. The van der Waals surface area contributed by atoms with Gasteiger partial charge in [-0.25, -0.2) is 0 Å². The molecule has 18 heavy (non-hydrogen) atoms. The number of carbonyl (C=O) groups excluding carboxylic acids is 1. The lowest BCUT2D eigenvalue weighted by molar-refractivity contribution is -0.141. The molecule has 0 aromatic carbocycles. The Labute approximate surface area is 110 Å². The summed E-state index contributed by atoms with van der Waals surface area (Å²) in [6.07, 6.45) is 3.69. The first-order valence-corrected chi connectivity index (χ1v) is 6.65. The van der Waals surface area contributed by atoms with Gasteiger partial charge < -0.3 is 10.4 Å². The SMILES string of the molecule is CCC(CNC(=O)C=Cc1sccc1C)C(=O)O. The molecule has 0 radical (unpaired) electrons. The van der Waals surface area contributed by atoms with Crippen molar-refractivity contribution in [3.05, 3.63) is 28.0 Å². The third-order valence-corrected chi connectivity index (χ3v) is 3.64. The standard InChI is InChI=1S/C13H17NO3S/c1-3-10(13(16)17)8-14-12(15)5-4-11-9(2)6-7-18-11/h4-7,10H,3,8H2,1-2H3,(H,14,15)(H,16,17). The van der Waals surface area contributed by atoms with E-state index in [1.165, 1.54) is 6.08 Å². The van der Waals surface area contributed by atoms with E-state index in [0.717, 1.165) is 10.4 Å². The largest absolute Gasteiger partial charge is 0.481 e. The topological polar surface area (TPSA) is 66.4 Å². The fourth-order valence-corrected chi connectivity index (χ4v) is 2.21. The molecule has 2 N–H and O–H groups in total. The number of carboxylic acids is 1. The summed E-state index contributed by atoms with van der Waals surface area (Å²) in [5.74, 6) is -1.66. The summed E-state index contributed by atoms with van der Waals surface area (Å²) in [4.78, 5) is 23.3. The summed E-state index contributed by atoms with van der Waals surface area (Å²) >= 11 is 1.56. The molecule has 0 saturated heterocycles. The Balaban J connectivity index is 2.45. The first kappa shape index (κ1) is 14.4. The Morgan fingerprint density at radius 1 is 1.56 bits per heavy atom. The van der Waals surface area contributed by atoms with Gasteiger partial charge in [0.15, 0.2) is 0 Å². The Morgan fingerprint density at radius 3 is 2.78 bits per heavy atom. The molecule has 0 aliphatic carbocycles. The van der Waals surface area contributed by atoms with Crippen LogP contribution in [0.3, 0.4) is 0 Å². The quantitative estimate of drug-likeness (QED) is 0.777. The van der Waals surface area contributed by atoms with Crippen LogP contribution in [0.1, 0.15) is 23.8 Å². The highest BCUT2D eigenvalue weighted by molar-refractivity contribution is 7.11. The van der Waals surface area contributed by atoms with Gasteiger partial charge in [0.25, 0.3) is 0 Å². The van der Waals surface area contributed by atoms with Crippen molar-refractivity contribution in [2.75, 3.05) is 6.54 Å². The van der Waals surface area contributed by atoms with Gasteiger partial charge in [-0.2, -0.15) is 0 Å². The van der Waals surface area contributed by atoms with E-state index < -0.39 is 11.9 Å². The molecule has 98 valence electrons. The molecule has 1 aromatic heterocycles. The lowest BCUT2D eigenvalue weighted by Gasteiger charge is -2.09. The molecule has 1 amide bonds. The van der Waals surface area contributed by atoms with E-state index in [4.69, 9.17) is 5.11 Å². The second-order valence-corrected chi connectivity index (χ2v) is 4.94. The number of carbonyl (C=O) groups is 2. The smallest absolute Gasteiger partial charge is 0.308 e. The van der Waals surface area contributed by atoms with Gasteiger partial charge in [0.05, 0.1) is 5.92 Å². The van der Waals surface area contributed by atoms with Crippen molar-refractivity contribution in [3.63, 3.8) is 0 Å². The first-order chi connectivity index (χ1) is 8.54. The van der Waals surface area contributed by atoms with Crippen LogP contribution >= 0.6 is 11.3 Å². The number of hydrogen-bond donors (Lipinski definition) is 2. The van der Waals surface area contributed by atoms with E-state index in [-0.39, 0.29) is 12.5 Å². The number of carboxylic acid groups (broad SMARTS) is 1. The van der Waals surface area contributed by atoms with Crippen LogP contribution in [0.5, 0.6) is 0 Å². The molecule has 0 fully saturated rings. The molecular weight excluding hydrogens is 250 g/mol. The summed E-state index contributed by atoms with van der Waals surface area (Å²) in [5, 5.41) is 13.4. The van der Waals surface area contributed by atoms with Crippen molar-refractivity contribution in [2.45, 2.75) is 20.3 Å². The summed E-state index contributed by atoms with van der Waals surface area (Å²) in [7, 11) is 0. The second-order valence-electron chi connectivity index (χ2n) is 3.99. The average Bonchev–Trinajstić information content (AvgIpc) is 2.72. The molecule has 0 bridgehead atoms. The van der Waals surface area contributed by atoms with E-state index in [0.29, 0.717) is 6.42 Å². The molecule has 1 rings (SSSR count). The maximum Gasteiger partial charge on any atom is 0.308 e.